The zero-order chi connectivity index (χ0) is 30.7. The summed E-state index contributed by atoms with van der Waals surface area (Å²) in [5, 5.41) is 9.98. The van der Waals surface area contributed by atoms with Crippen LogP contribution >= 0.6 is 0 Å². The topological polar surface area (TPSA) is 71.7 Å². The highest BCUT2D eigenvalue weighted by molar-refractivity contribution is 5.89. The van der Waals surface area contributed by atoms with E-state index in [4.69, 9.17) is 19.7 Å². The van der Waals surface area contributed by atoms with E-state index in [1.54, 1.807) is 0 Å². The number of aromatic nitrogens is 3. The lowest BCUT2D eigenvalue weighted by Crippen LogP contribution is -2.32. The van der Waals surface area contributed by atoms with E-state index in [-0.39, 0.29) is 0 Å². The van der Waals surface area contributed by atoms with E-state index in [1.165, 1.54) is 11.1 Å². The maximum absolute atomic E-state index is 9.98. The number of benzene rings is 6. The van der Waals surface area contributed by atoms with Crippen LogP contribution in [0, 0.1) is 11.3 Å². The Morgan fingerprint density at radius 1 is 0.457 bits per heavy atom. The molecule has 1 aliphatic carbocycles. The van der Waals surface area contributed by atoms with Crippen molar-refractivity contribution >= 4 is 0 Å². The second-order valence-corrected chi connectivity index (χ2v) is 11.5. The van der Waals surface area contributed by atoms with Crippen LogP contribution in [0.2, 0.25) is 0 Å². The zero-order valence-electron chi connectivity index (χ0n) is 24.6. The molecular formula is C41H24N4O. The van der Waals surface area contributed by atoms with Gasteiger partial charge in [-0.05, 0) is 58.7 Å². The van der Waals surface area contributed by atoms with Gasteiger partial charge in [0, 0.05) is 27.8 Å². The summed E-state index contributed by atoms with van der Waals surface area (Å²) in [6.45, 7) is 0. The Hall–Kier alpha value is -6.38. The van der Waals surface area contributed by atoms with Gasteiger partial charge in [-0.1, -0.05) is 109 Å². The number of ether oxygens (including phenoxy) is 1. The highest BCUT2D eigenvalue weighted by atomic mass is 16.5. The Bertz CT molecular complexity index is 2260. The first-order chi connectivity index (χ1) is 22.7. The molecule has 0 radical (unpaired) electrons. The third kappa shape index (κ3) is 3.77. The monoisotopic (exact) mass is 588 g/mol. The molecule has 2 aliphatic rings. The van der Waals surface area contributed by atoms with Crippen molar-refractivity contribution in [2.24, 2.45) is 0 Å². The molecular weight excluding hydrogens is 564 g/mol. The Morgan fingerprint density at radius 3 is 1.50 bits per heavy atom. The Balaban J connectivity index is 1.34. The molecule has 7 aromatic rings. The van der Waals surface area contributed by atoms with Crippen LogP contribution < -0.4 is 4.74 Å². The first kappa shape index (κ1) is 26.1. The average molecular weight is 589 g/mol. The Kier molecular flexibility index (Phi) is 5.71. The summed E-state index contributed by atoms with van der Waals surface area (Å²) >= 11 is 0. The largest absolute Gasteiger partial charge is 0.457 e. The molecule has 9 rings (SSSR count). The average Bonchev–Trinajstić information content (AvgIpc) is 3.43. The van der Waals surface area contributed by atoms with E-state index in [9.17, 15) is 5.26 Å². The molecule has 0 saturated heterocycles. The Labute approximate surface area is 266 Å². The minimum absolute atomic E-state index is 0.571. The van der Waals surface area contributed by atoms with E-state index >= 15 is 0 Å². The molecule has 5 nitrogen and oxygen atoms in total. The molecule has 46 heavy (non-hydrogen) atoms. The number of hydrogen-bond acceptors (Lipinski definition) is 5. The van der Waals surface area contributed by atoms with Crippen LogP contribution in [0.4, 0.5) is 0 Å². The highest BCUT2D eigenvalue weighted by Crippen LogP contribution is 2.62. The Morgan fingerprint density at radius 2 is 0.935 bits per heavy atom. The lowest BCUT2D eigenvalue weighted by molar-refractivity contribution is 0.436. The second-order valence-electron chi connectivity index (χ2n) is 11.5. The van der Waals surface area contributed by atoms with Crippen molar-refractivity contribution in [1.29, 1.82) is 5.26 Å². The van der Waals surface area contributed by atoms with E-state index in [0.717, 1.165) is 50.4 Å². The molecule has 1 aromatic heterocycles. The minimum Gasteiger partial charge on any atom is -0.457 e. The fourth-order valence-electron chi connectivity index (χ4n) is 7.05. The molecule has 1 aliphatic heterocycles. The van der Waals surface area contributed by atoms with Crippen LogP contribution in [0.5, 0.6) is 11.5 Å². The molecule has 214 valence electrons. The third-order valence-electron chi connectivity index (χ3n) is 9.03. The molecule has 0 fully saturated rings. The number of hydrogen-bond donors (Lipinski definition) is 0. The van der Waals surface area contributed by atoms with Crippen molar-refractivity contribution in [2.75, 3.05) is 0 Å². The summed E-state index contributed by atoms with van der Waals surface area (Å²) in [5.74, 6) is 3.28. The van der Waals surface area contributed by atoms with Gasteiger partial charge in [0.05, 0.1) is 17.0 Å². The van der Waals surface area contributed by atoms with Crippen molar-refractivity contribution in [3.8, 4) is 62.9 Å². The quantitative estimate of drug-likeness (QED) is 0.206. The fourth-order valence-corrected chi connectivity index (χ4v) is 7.05. The number of nitrogens with zero attached hydrogens (tertiary/aromatic N) is 4. The number of rotatable bonds is 3. The first-order valence-corrected chi connectivity index (χ1v) is 15.2. The summed E-state index contributed by atoms with van der Waals surface area (Å²) in [7, 11) is 0. The molecule has 6 aromatic carbocycles. The van der Waals surface area contributed by atoms with Crippen molar-refractivity contribution in [3.05, 3.63) is 173 Å². The van der Waals surface area contributed by atoms with Gasteiger partial charge in [0.25, 0.3) is 0 Å². The van der Waals surface area contributed by atoms with E-state index < -0.39 is 5.41 Å². The molecule has 2 heterocycles. The fraction of sp³-hybridized carbons (Fsp3) is 0.0244. The molecule has 0 unspecified atom stereocenters. The summed E-state index contributed by atoms with van der Waals surface area (Å²) in [6, 6.07) is 51.3. The summed E-state index contributed by atoms with van der Waals surface area (Å²) in [6.07, 6.45) is 0. The SMILES string of the molecule is N#Cc1ccc2c(c1)C1(c3cc(-c4nc(-c5ccccc5)nc(-c5ccccc5)n4)ccc3O2)c2ccccc2-c2ccccc21. The molecule has 5 heteroatoms. The van der Waals surface area contributed by atoms with Gasteiger partial charge in [-0.3, -0.25) is 0 Å². The van der Waals surface area contributed by atoms with Crippen LogP contribution in [0.15, 0.2) is 146 Å². The maximum atomic E-state index is 9.98. The van der Waals surface area contributed by atoms with Crippen LogP contribution in [-0.4, -0.2) is 15.0 Å². The minimum atomic E-state index is -0.712. The summed E-state index contributed by atoms with van der Waals surface area (Å²) < 4.78 is 6.61. The van der Waals surface area contributed by atoms with Gasteiger partial charge >= 0.3 is 0 Å². The van der Waals surface area contributed by atoms with Crippen LogP contribution in [0.25, 0.3) is 45.3 Å². The van der Waals surface area contributed by atoms with E-state index in [2.05, 4.69) is 60.7 Å². The summed E-state index contributed by atoms with van der Waals surface area (Å²) in [5.41, 5.74) is 9.12. The molecule has 1 spiro atoms. The lowest BCUT2D eigenvalue weighted by Gasteiger charge is -2.39. The van der Waals surface area contributed by atoms with Crippen molar-refractivity contribution in [2.45, 2.75) is 5.41 Å². The maximum Gasteiger partial charge on any atom is 0.164 e. The summed E-state index contributed by atoms with van der Waals surface area (Å²) in [4.78, 5) is 14.9. The first-order valence-electron chi connectivity index (χ1n) is 15.2. The van der Waals surface area contributed by atoms with Crippen molar-refractivity contribution < 1.29 is 4.74 Å². The molecule has 0 atom stereocenters. The van der Waals surface area contributed by atoms with Gasteiger partial charge in [0.2, 0.25) is 0 Å². The predicted molar refractivity (Wildman–Crippen MR) is 178 cm³/mol. The van der Waals surface area contributed by atoms with Gasteiger partial charge in [-0.15, -0.1) is 0 Å². The van der Waals surface area contributed by atoms with Gasteiger partial charge in [-0.25, -0.2) is 15.0 Å². The smallest absolute Gasteiger partial charge is 0.164 e. The van der Waals surface area contributed by atoms with Crippen LogP contribution in [0.3, 0.4) is 0 Å². The van der Waals surface area contributed by atoms with Gasteiger partial charge < -0.3 is 4.74 Å². The molecule has 0 bridgehead atoms. The van der Waals surface area contributed by atoms with Crippen LogP contribution in [0.1, 0.15) is 27.8 Å². The van der Waals surface area contributed by atoms with Gasteiger partial charge in [0.15, 0.2) is 17.5 Å². The number of nitriles is 1. The molecule has 0 N–H and O–H groups in total. The molecule has 0 saturated carbocycles. The van der Waals surface area contributed by atoms with E-state index in [1.807, 2.05) is 91.0 Å². The van der Waals surface area contributed by atoms with Gasteiger partial charge in [0.1, 0.15) is 11.5 Å². The second kappa shape index (κ2) is 10.1. The third-order valence-corrected chi connectivity index (χ3v) is 9.03. The van der Waals surface area contributed by atoms with Gasteiger partial charge in [-0.2, -0.15) is 5.26 Å². The predicted octanol–water partition coefficient (Wildman–Crippen LogP) is 9.21. The van der Waals surface area contributed by atoms with Crippen molar-refractivity contribution in [1.82, 2.24) is 15.0 Å². The highest BCUT2D eigenvalue weighted by Gasteiger charge is 2.51. The van der Waals surface area contributed by atoms with Crippen molar-refractivity contribution in [3.63, 3.8) is 0 Å². The van der Waals surface area contributed by atoms with Crippen LogP contribution in [-0.2, 0) is 5.41 Å². The normalized spacial score (nSPS) is 13.1. The number of fused-ring (bicyclic) bond motifs is 9. The lowest BCUT2D eigenvalue weighted by atomic mass is 9.65. The molecule has 0 amide bonds. The standard InChI is InChI=1S/C41H24N4O/c42-25-26-19-21-36-34(23-26)41(32-17-9-7-15-30(32)31-16-8-10-18-33(31)41)35-24-29(20-22-37(35)46-36)40-44-38(27-11-3-1-4-12-27)43-39(45-40)28-13-5-2-6-14-28/h1-24H. The zero-order valence-corrected chi connectivity index (χ0v) is 24.6. The van der Waals surface area contributed by atoms with E-state index in [0.29, 0.717) is 23.0 Å².